The van der Waals surface area contributed by atoms with Gasteiger partial charge in [0.1, 0.15) is 6.04 Å². The summed E-state index contributed by atoms with van der Waals surface area (Å²) in [5.74, 6) is -0.791. The number of hydrogen-bond donors (Lipinski definition) is 2. The molecule has 7 nitrogen and oxygen atoms in total. The zero-order chi connectivity index (χ0) is 20.8. The van der Waals surface area contributed by atoms with Crippen molar-refractivity contribution in [3.63, 3.8) is 0 Å². The van der Waals surface area contributed by atoms with Gasteiger partial charge in [-0.3, -0.25) is 24.5 Å². The highest BCUT2D eigenvalue weighted by Crippen LogP contribution is 2.35. The Morgan fingerprint density at radius 3 is 2.27 bits per heavy atom. The summed E-state index contributed by atoms with van der Waals surface area (Å²) in [4.78, 5) is 49.8. The smallest absolute Gasteiger partial charge is 0.255 e. The molecule has 0 spiro atoms. The minimum absolute atomic E-state index is 0.0534. The summed E-state index contributed by atoms with van der Waals surface area (Å²) in [7, 11) is 0. The Kier molecular flexibility index (Phi) is 4.38. The van der Waals surface area contributed by atoms with Crippen LogP contribution in [0.3, 0.4) is 0 Å². The van der Waals surface area contributed by atoms with E-state index in [-0.39, 0.29) is 30.2 Å². The Morgan fingerprint density at radius 2 is 1.57 bits per heavy atom. The number of amides is 4. The van der Waals surface area contributed by atoms with Crippen LogP contribution in [0.4, 0.5) is 0 Å². The molecule has 5 rings (SSSR count). The van der Waals surface area contributed by atoms with Crippen LogP contribution in [0.2, 0.25) is 0 Å². The zero-order valence-electron chi connectivity index (χ0n) is 16.3. The minimum atomic E-state index is -0.621. The highest BCUT2D eigenvalue weighted by Gasteiger charge is 2.39. The molecule has 152 valence electrons. The minimum Gasteiger partial charge on any atom is -0.349 e. The summed E-state index contributed by atoms with van der Waals surface area (Å²) in [5.41, 5.74) is 4.51. The number of hydrogen-bond acceptors (Lipinski definition) is 4. The molecule has 2 aromatic carbocycles. The fraction of sp³-hybridized carbons (Fsp3) is 0.304. The first kappa shape index (κ1) is 18.5. The van der Waals surface area contributed by atoms with Crippen LogP contribution in [0.1, 0.15) is 53.2 Å². The lowest BCUT2D eigenvalue weighted by Gasteiger charge is -2.29. The van der Waals surface area contributed by atoms with E-state index in [1.807, 2.05) is 36.4 Å². The molecule has 4 amide bonds. The number of piperidine rings is 1. The van der Waals surface area contributed by atoms with Gasteiger partial charge < -0.3 is 10.2 Å². The first-order chi connectivity index (χ1) is 14.5. The van der Waals surface area contributed by atoms with E-state index in [1.54, 1.807) is 11.0 Å². The van der Waals surface area contributed by atoms with Gasteiger partial charge in [0.25, 0.3) is 5.91 Å². The van der Waals surface area contributed by atoms with Gasteiger partial charge in [0.2, 0.25) is 17.7 Å². The van der Waals surface area contributed by atoms with Gasteiger partial charge >= 0.3 is 0 Å². The third kappa shape index (κ3) is 3.07. The lowest BCUT2D eigenvalue weighted by molar-refractivity contribution is -0.137. The summed E-state index contributed by atoms with van der Waals surface area (Å²) in [5, 5.41) is 5.31. The second-order valence-corrected chi connectivity index (χ2v) is 8.01. The molecule has 0 radical (unpaired) electrons. The van der Waals surface area contributed by atoms with Crippen molar-refractivity contribution in [2.24, 2.45) is 0 Å². The number of benzene rings is 2. The highest BCUT2D eigenvalue weighted by molar-refractivity contribution is 6.06. The molecule has 0 aromatic heterocycles. The molecular formula is C23H21N3O4. The van der Waals surface area contributed by atoms with Gasteiger partial charge in [0, 0.05) is 24.9 Å². The second kappa shape index (κ2) is 7.09. The van der Waals surface area contributed by atoms with E-state index in [2.05, 4.69) is 10.6 Å². The van der Waals surface area contributed by atoms with Crippen LogP contribution >= 0.6 is 0 Å². The molecule has 3 aliphatic heterocycles. The van der Waals surface area contributed by atoms with Crippen molar-refractivity contribution in [2.75, 3.05) is 0 Å². The Morgan fingerprint density at radius 1 is 0.833 bits per heavy atom. The third-order valence-corrected chi connectivity index (χ3v) is 6.20. The zero-order valence-corrected chi connectivity index (χ0v) is 16.3. The maximum Gasteiger partial charge on any atom is 0.255 e. The molecule has 2 aromatic rings. The largest absolute Gasteiger partial charge is 0.349 e. The molecule has 7 heteroatoms. The number of nitrogens with one attached hydrogen (secondary N) is 2. The van der Waals surface area contributed by atoms with Crippen molar-refractivity contribution in [1.82, 2.24) is 15.5 Å². The van der Waals surface area contributed by atoms with Crippen LogP contribution in [0.15, 0.2) is 42.5 Å². The van der Waals surface area contributed by atoms with Crippen molar-refractivity contribution >= 4 is 23.6 Å². The second-order valence-electron chi connectivity index (χ2n) is 8.01. The lowest BCUT2D eigenvalue weighted by atomic mass is 9.95. The van der Waals surface area contributed by atoms with E-state index in [4.69, 9.17) is 0 Å². The van der Waals surface area contributed by atoms with Crippen LogP contribution in [-0.4, -0.2) is 34.6 Å². The molecule has 2 fully saturated rings. The van der Waals surface area contributed by atoms with E-state index in [1.165, 1.54) is 0 Å². The topological polar surface area (TPSA) is 95.6 Å². The van der Waals surface area contributed by atoms with Crippen LogP contribution in [0, 0.1) is 0 Å². The molecule has 2 unspecified atom stereocenters. The van der Waals surface area contributed by atoms with Crippen molar-refractivity contribution in [3.8, 4) is 11.1 Å². The van der Waals surface area contributed by atoms with Crippen molar-refractivity contribution < 1.29 is 19.2 Å². The standard InChI is InChI=1S/C23H21N3O4/c27-20-10-8-18(24-20)14-6-4-13(5-7-14)15-2-1-3-16-17(15)12-26(23(16)30)19-9-11-21(28)25-22(19)29/h1-7,18-19H,8-12H2,(H,24,27)(H,25,28,29). The van der Waals surface area contributed by atoms with E-state index < -0.39 is 11.9 Å². The van der Waals surface area contributed by atoms with Gasteiger partial charge in [0.05, 0.1) is 6.04 Å². The Bertz CT molecular complexity index is 1080. The van der Waals surface area contributed by atoms with Gasteiger partial charge in [-0.2, -0.15) is 0 Å². The molecule has 2 atom stereocenters. The number of nitrogens with zero attached hydrogens (tertiary/aromatic N) is 1. The van der Waals surface area contributed by atoms with Gasteiger partial charge in [-0.05, 0) is 41.2 Å². The number of carbonyl (C=O) groups excluding carboxylic acids is 4. The Labute approximate surface area is 173 Å². The van der Waals surface area contributed by atoms with Crippen LogP contribution < -0.4 is 10.6 Å². The molecule has 30 heavy (non-hydrogen) atoms. The van der Waals surface area contributed by atoms with E-state index in [0.717, 1.165) is 28.7 Å². The fourth-order valence-corrected chi connectivity index (χ4v) is 4.62. The average molecular weight is 403 g/mol. The van der Waals surface area contributed by atoms with Gasteiger partial charge in [0.15, 0.2) is 0 Å². The summed E-state index contributed by atoms with van der Waals surface area (Å²) in [6.07, 6.45) is 1.94. The van der Waals surface area contributed by atoms with E-state index in [9.17, 15) is 19.2 Å². The average Bonchev–Trinajstić information content (AvgIpc) is 3.32. The fourth-order valence-electron chi connectivity index (χ4n) is 4.62. The third-order valence-electron chi connectivity index (χ3n) is 6.20. The predicted molar refractivity (Wildman–Crippen MR) is 108 cm³/mol. The normalized spacial score (nSPS) is 23.4. The molecule has 0 saturated carbocycles. The van der Waals surface area contributed by atoms with E-state index >= 15 is 0 Å². The van der Waals surface area contributed by atoms with Crippen LogP contribution in [0.5, 0.6) is 0 Å². The van der Waals surface area contributed by atoms with Crippen molar-refractivity contribution in [1.29, 1.82) is 0 Å². The molecule has 2 saturated heterocycles. The highest BCUT2D eigenvalue weighted by atomic mass is 16.2. The van der Waals surface area contributed by atoms with Crippen LogP contribution in [-0.2, 0) is 20.9 Å². The predicted octanol–water partition coefficient (Wildman–Crippen LogP) is 2.07. The SMILES string of the molecule is O=C1CCC(N2Cc3c(cccc3-c3ccc(C4CCC(=O)N4)cc3)C2=O)C(=O)N1. The summed E-state index contributed by atoms with van der Waals surface area (Å²) < 4.78 is 0. The Hall–Kier alpha value is -3.48. The summed E-state index contributed by atoms with van der Waals surface area (Å²) >= 11 is 0. The lowest BCUT2D eigenvalue weighted by Crippen LogP contribution is -2.52. The molecular weight excluding hydrogens is 382 g/mol. The quantitative estimate of drug-likeness (QED) is 0.767. The van der Waals surface area contributed by atoms with Crippen molar-refractivity contribution in [2.45, 2.75) is 44.3 Å². The summed E-state index contributed by atoms with van der Waals surface area (Å²) in [6.45, 7) is 0.344. The molecule has 3 heterocycles. The maximum atomic E-state index is 13.0. The monoisotopic (exact) mass is 403 g/mol. The van der Waals surface area contributed by atoms with Gasteiger partial charge in [-0.15, -0.1) is 0 Å². The molecule has 0 aliphatic carbocycles. The van der Waals surface area contributed by atoms with Gasteiger partial charge in [-0.25, -0.2) is 0 Å². The molecule has 2 N–H and O–H groups in total. The first-order valence-corrected chi connectivity index (χ1v) is 10.2. The molecule has 3 aliphatic rings. The van der Waals surface area contributed by atoms with Crippen molar-refractivity contribution in [3.05, 3.63) is 59.2 Å². The number of fused-ring (bicyclic) bond motifs is 1. The maximum absolute atomic E-state index is 13.0. The first-order valence-electron chi connectivity index (χ1n) is 10.2. The van der Waals surface area contributed by atoms with E-state index in [0.29, 0.717) is 24.9 Å². The Balaban J connectivity index is 1.42. The van der Waals surface area contributed by atoms with Gasteiger partial charge in [-0.1, -0.05) is 36.4 Å². The summed E-state index contributed by atoms with van der Waals surface area (Å²) in [6, 6.07) is 13.1. The molecule has 0 bridgehead atoms. The number of rotatable bonds is 3. The number of imide groups is 1. The number of carbonyl (C=O) groups is 4. The van der Waals surface area contributed by atoms with Crippen LogP contribution in [0.25, 0.3) is 11.1 Å².